The number of morpholine rings is 1. The zero-order valence-corrected chi connectivity index (χ0v) is 16.6. The number of hydrogen-bond acceptors (Lipinski definition) is 7. The third-order valence-electron chi connectivity index (χ3n) is 5.47. The molecule has 150 valence electrons. The average molecular weight is 383 g/mol. The number of para-hydroxylation sites is 1. The number of ether oxygens (including phenoxy) is 2. The van der Waals surface area contributed by atoms with Gasteiger partial charge in [-0.15, -0.1) is 0 Å². The van der Waals surface area contributed by atoms with Crippen LogP contribution in [0.2, 0.25) is 0 Å². The van der Waals surface area contributed by atoms with E-state index in [9.17, 15) is 0 Å². The van der Waals surface area contributed by atoms with E-state index in [4.69, 9.17) is 9.47 Å². The third kappa shape index (κ3) is 4.98. The van der Waals surface area contributed by atoms with Crippen LogP contribution in [0.15, 0.2) is 36.7 Å². The molecule has 2 aromatic rings. The largest absolute Gasteiger partial charge is 0.439 e. The zero-order chi connectivity index (χ0) is 19.2. The average Bonchev–Trinajstić information content (AvgIpc) is 2.75. The number of benzene rings is 1. The lowest BCUT2D eigenvalue weighted by Crippen LogP contribution is -2.49. The fourth-order valence-electron chi connectivity index (χ4n) is 3.65. The van der Waals surface area contributed by atoms with Crippen LogP contribution < -0.4 is 9.64 Å². The lowest BCUT2D eigenvalue weighted by atomic mass is 10.2. The molecule has 3 heterocycles. The molecule has 2 aliphatic rings. The minimum atomic E-state index is 0.592. The van der Waals surface area contributed by atoms with Gasteiger partial charge in [-0.2, -0.15) is 0 Å². The summed E-state index contributed by atoms with van der Waals surface area (Å²) in [5.41, 5.74) is 1.09. The summed E-state index contributed by atoms with van der Waals surface area (Å²) in [5.74, 6) is 2.36. The first-order chi connectivity index (χ1) is 13.8. The molecule has 0 saturated carbocycles. The van der Waals surface area contributed by atoms with Crippen LogP contribution in [0.25, 0.3) is 0 Å². The van der Waals surface area contributed by atoms with E-state index >= 15 is 0 Å². The van der Waals surface area contributed by atoms with Crippen molar-refractivity contribution in [1.29, 1.82) is 0 Å². The predicted molar refractivity (Wildman–Crippen MR) is 109 cm³/mol. The maximum absolute atomic E-state index is 5.96. The molecule has 0 bridgehead atoms. The van der Waals surface area contributed by atoms with E-state index in [1.165, 1.54) is 0 Å². The Morgan fingerprint density at radius 2 is 1.64 bits per heavy atom. The second-order valence-electron chi connectivity index (χ2n) is 7.36. The molecule has 0 aliphatic carbocycles. The molecular weight excluding hydrogens is 354 g/mol. The number of piperazine rings is 1. The molecule has 0 N–H and O–H groups in total. The normalized spacial score (nSPS) is 19.0. The van der Waals surface area contributed by atoms with Gasteiger partial charge in [-0.05, 0) is 18.6 Å². The first kappa shape index (κ1) is 19.1. The van der Waals surface area contributed by atoms with Crippen molar-refractivity contribution in [3.8, 4) is 11.6 Å². The maximum atomic E-state index is 5.96. The van der Waals surface area contributed by atoms with E-state index in [0.29, 0.717) is 5.88 Å². The van der Waals surface area contributed by atoms with E-state index in [1.54, 1.807) is 6.33 Å². The molecule has 0 atom stereocenters. The van der Waals surface area contributed by atoms with Crippen molar-refractivity contribution in [3.05, 3.63) is 42.2 Å². The first-order valence-corrected chi connectivity index (χ1v) is 10.1. The topological polar surface area (TPSA) is 54.0 Å². The highest BCUT2D eigenvalue weighted by Gasteiger charge is 2.20. The van der Waals surface area contributed by atoms with Crippen LogP contribution >= 0.6 is 0 Å². The molecule has 2 saturated heterocycles. The molecule has 2 aliphatic heterocycles. The number of rotatable bonds is 6. The smallest absolute Gasteiger partial charge is 0.224 e. The van der Waals surface area contributed by atoms with Crippen LogP contribution in [0.4, 0.5) is 5.82 Å². The van der Waals surface area contributed by atoms with Crippen LogP contribution in [0, 0.1) is 6.92 Å². The van der Waals surface area contributed by atoms with Crippen molar-refractivity contribution in [2.45, 2.75) is 6.92 Å². The Hall–Kier alpha value is -2.22. The Morgan fingerprint density at radius 3 is 2.39 bits per heavy atom. The Morgan fingerprint density at radius 1 is 0.929 bits per heavy atom. The summed E-state index contributed by atoms with van der Waals surface area (Å²) in [5, 5.41) is 0. The molecule has 1 aromatic heterocycles. The van der Waals surface area contributed by atoms with Gasteiger partial charge in [0.2, 0.25) is 5.88 Å². The highest BCUT2D eigenvalue weighted by atomic mass is 16.5. The molecule has 0 radical (unpaired) electrons. The molecular formula is C21H29N5O2. The molecule has 7 nitrogen and oxygen atoms in total. The molecule has 28 heavy (non-hydrogen) atoms. The quantitative estimate of drug-likeness (QED) is 0.756. The number of anilines is 1. The fraction of sp³-hybridized carbons (Fsp3) is 0.524. The molecule has 1 aromatic carbocycles. The molecule has 0 spiro atoms. The van der Waals surface area contributed by atoms with E-state index in [-0.39, 0.29) is 0 Å². The predicted octanol–water partition coefficient (Wildman–Crippen LogP) is 2.03. The maximum Gasteiger partial charge on any atom is 0.224 e. The lowest BCUT2D eigenvalue weighted by molar-refractivity contribution is 0.0331. The van der Waals surface area contributed by atoms with E-state index < -0.39 is 0 Å². The SMILES string of the molecule is Cc1ccccc1Oc1cc(N2CCN(CCN3CCOCC3)CC2)ncn1. The third-order valence-corrected chi connectivity index (χ3v) is 5.47. The van der Waals surface area contributed by atoms with Gasteiger partial charge in [0.25, 0.3) is 0 Å². The Kier molecular flexibility index (Phi) is 6.36. The summed E-state index contributed by atoms with van der Waals surface area (Å²) < 4.78 is 11.4. The van der Waals surface area contributed by atoms with E-state index in [1.807, 2.05) is 37.3 Å². The monoisotopic (exact) mass is 383 g/mol. The number of aryl methyl sites for hydroxylation is 1. The second kappa shape index (κ2) is 9.32. The van der Waals surface area contributed by atoms with Gasteiger partial charge in [-0.3, -0.25) is 9.80 Å². The number of aromatic nitrogens is 2. The Balaban J connectivity index is 1.29. The lowest BCUT2D eigenvalue weighted by Gasteiger charge is -2.36. The van der Waals surface area contributed by atoms with Crippen molar-refractivity contribution < 1.29 is 9.47 Å². The molecule has 0 unspecified atom stereocenters. The van der Waals surface area contributed by atoms with Crippen LogP contribution in [0.1, 0.15) is 5.56 Å². The molecule has 7 heteroatoms. The highest BCUT2D eigenvalue weighted by Crippen LogP contribution is 2.25. The fourth-order valence-corrected chi connectivity index (χ4v) is 3.65. The van der Waals surface area contributed by atoms with Crippen molar-refractivity contribution in [3.63, 3.8) is 0 Å². The number of hydrogen-bond donors (Lipinski definition) is 0. The first-order valence-electron chi connectivity index (χ1n) is 10.1. The van der Waals surface area contributed by atoms with E-state index in [0.717, 1.165) is 82.7 Å². The summed E-state index contributed by atoms with van der Waals surface area (Å²) in [6, 6.07) is 9.92. The van der Waals surface area contributed by atoms with Crippen LogP contribution in [0.5, 0.6) is 11.6 Å². The van der Waals surface area contributed by atoms with Gasteiger partial charge in [0.15, 0.2) is 0 Å². The van der Waals surface area contributed by atoms with E-state index in [2.05, 4.69) is 24.7 Å². The zero-order valence-electron chi connectivity index (χ0n) is 16.6. The highest BCUT2D eigenvalue weighted by molar-refractivity contribution is 5.43. The van der Waals surface area contributed by atoms with Crippen LogP contribution in [0.3, 0.4) is 0 Å². The molecule has 4 rings (SSSR count). The van der Waals surface area contributed by atoms with Gasteiger partial charge in [0.05, 0.1) is 13.2 Å². The van der Waals surface area contributed by atoms with Gasteiger partial charge in [-0.25, -0.2) is 9.97 Å². The Labute approximate surface area is 166 Å². The minimum Gasteiger partial charge on any atom is -0.439 e. The molecule has 0 amide bonds. The summed E-state index contributed by atoms with van der Waals surface area (Å²) >= 11 is 0. The van der Waals surface area contributed by atoms with Gasteiger partial charge in [0.1, 0.15) is 17.9 Å². The second-order valence-corrected chi connectivity index (χ2v) is 7.36. The van der Waals surface area contributed by atoms with Crippen molar-refractivity contribution in [1.82, 2.24) is 19.8 Å². The van der Waals surface area contributed by atoms with Crippen LogP contribution in [-0.2, 0) is 4.74 Å². The summed E-state index contributed by atoms with van der Waals surface area (Å²) in [7, 11) is 0. The van der Waals surface area contributed by atoms with Crippen LogP contribution in [-0.4, -0.2) is 85.3 Å². The number of nitrogens with zero attached hydrogens (tertiary/aromatic N) is 5. The molecule has 2 fully saturated rings. The van der Waals surface area contributed by atoms with Crippen molar-refractivity contribution >= 4 is 5.82 Å². The van der Waals surface area contributed by atoms with Gasteiger partial charge >= 0.3 is 0 Å². The van der Waals surface area contributed by atoms with Crippen molar-refractivity contribution in [2.24, 2.45) is 0 Å². The van der Waals surface area contributed by atoms with Gasteiger partial charge < -0.3 is 14.4 Å². The minimum absolute atomic E-state index is 0.592. The summed E-state index contributed by atoms with van der Waals surface area (Å²) in [4.78, 5) is 16.1. The van der Waals surface area contributed by atoms with Gasteiger partial charge in [-0.1, -0.05) is 18.2 Å². The van der Waals surface area contributed by atoms with Gasteiger partial charge in [0, 0.05) is 58.4 Å². The standard InChI is InChI=1S/C21H29N5O2/c1-18-4-2-3-5-19(18)28-21-16-20(22-17-23-21)26-10-8-24(9-11-26)6-7-25-12-14-27-15-13-25/h2-5,16-17H,6-15H2,1H3. The Bertz CT molecular complexity index is 758. The summed E-state index contributed by atoms with van der Waals surface area (Å²) in [6.45, 7) is 12.2. The van der Waals surface area contributed by atoms with Crippen molar-refractivity contribution in [2.75, 3.05) is 70.5 Å². The summed E-state index contributed by atoms with van der Waals surface area (Å²) in [6.07, 6.45) is 1.59.